The molecule has 0 aliphatic heterocycles. The van der Waals surface area contributed by atoms with Crippen LogP contribution in [0.1, 0.15) is 0 Å². The molecule has 0 saturated carbocycles. The fraction of sp³-hybridized carbons (Fsp3) is 0. The first-order valence-corrected chi connectivity index (χ1v) is 1.87. The average molecular weight is 92.0 g/mol. The Labute approximate surface area is 30.7 Å². The van der Waals surface area contributed by atoms with Crippen molar-refractivity contribution in [3.05, 3.63) is 12.1 Å². The molecular formula is C2H2FOP. The van der Waals surface area contributed by atoms with Gasteiger partial charge >= 0.3 is 0 Å². The molecule has 0 amide bonds. The van der Waals surface area contributed by atoms with Crippen molar-refractivity contribution in [2.75, 3.05) is 0 Å². The van der Waals surface area contributed by atoms with Crippen LogP contribution < -0.4 is 0 Å². The Morgan fingerprint density at radius 2 is 2.40 bits per heavy atom. The van der Waals surface area contributed by atoms with Gasteiger partial charge in [-0.15, -0.1) is 0 Å². The zero-order valence-electron chi connectivity index (χ0n) is 2.39. The van der Waals surface area contributed by atoms with Crippen molar-refractivity contribution in [3.63, 3.8) is 0 Å². The molecule has 5 heavy (non-hydrogen) atoms. The normalized spacial score (nSPS) is 10.6. The van der Waals surface area contributed by atoms with Crippen LogP contribution in [0.3, 0.4) is 0 Å². The summed E-state index contributed by atoms with van der Waals surface area (Å²) in [5.41, 5.74) is 0. The summed E-state index contributed by atoms with van der Waals surface area (Å²) in [5.74, 6) is 0.875. The van der Waals surface area contributed by atoms with Crippen molar-refractivity contribution in [1.82, 2.24) is 0 Å². The third-order valence-electron chi connectivity index (χ3n) is 0.117. The molecule has 0 N–H and O–H groups in total. The highest BCUT2D eigenvalue weighted by Crippen LogP contribution is 1.90. The van der Waals surface area contributed by atoms with Crippen LogP contribution in [-0.4, -0.2) is 0 Å². The molecule has 0 bridgehead atoms. The van der Waals surface area contributed by atoms with E-state index in [0.717, 1.165) is 5.82 Å². The standard InChI is InChI=1S/C2H2FOP/c3-1-2-5-4/h1-2H. The maximum absolute atomic E-state index is 10.6. The summed E-state index contributed by atoms with van der Waals surface area (Å²) in [4.78, 5) is 0. The second kappa shape index (κ2) is 3.77. The highest BCUT2D eigenvalue weighted by atomic mass is 31.1. The van der Waals surface area contributed by atoms with Crippen molar-refractivity contribution in [2.45, 2.75) is 0 Å². The minimum absolute atomic E-state index is 0.231. The van der Waals surface area contributed by atoms with Gasteiger partial charge in [-0.25, -0.2) is 4.39 Å². The predicted molar refractivity (Wildman–Crippen MR) is 17.9 cm³/mol. The van der Waals surface area contributed by atoms with E-state index < -0.39 is 0 Å². The molecule has 0 radical (unpaired) electrons. The van der Waals surface area contributed by atoms with Gasteiger partial charge in [0, 0.05) is 5.82 Å². The Hall–Kier alpha value is -0.230. The van der Waals surface area contributed by atoms with E-state index in [1.54, 1.807) is 0 Å². The summed E-state index contributed by atoms with van der Waals surface area (Å²) in [6.45, 7) is 0. The minimum atomic E-state index is -0.276. The summed E-state index contributed by atoms with van der Waals surface area (Å²) in [7, 11) is -0.276. The maximum atomic E-state index is 10.6. The second-order valence-corrected chi connectivity index (χ2v) is 0.889. The highest BCUT2D eigenvalue weighted by Gasteiger charge is 1.54. The van der Waals surface area contributed by atoms with Crippen LogP contribution in [0.15, 0.2) is 12.1 Å². The Morgan fingerprint density at radius 1 is 1.80 bits per heavy atom. The molecule has 0 saturated heterocycles. The Kier molecular flexibility index (Phi) is 3.60. The lowest BCUT2D eigenvalue weighted by Crippen LogP contribution is -1.18. The van der Waals surface area contributed by atoms with Gasteiger partial charge in [-0.05, 0) is 0 Å². The van der Waals surface area contributed by atoms with Crippen molar-refractivity contribution in [1.29, 1.82) is 0 Å². The van der Waals surface area contributed by atoms with Gasteiger partial charge in [-0.2, -0.15) is 0 Å². The zero-order chi connectivity index (χ0) is 4.12. The molecule has 0 aromatic rings. The summed E-state index contributed by atoms with van der Waals surface area (Å²) >= 11 is 0. The smallest absolute Gasteiger partial charge is 0.186 e. The molecule has 0 spiro atoms. The number of hydrogen-bond acceptors (Lipinski definition) is 1. The van der Waals surface area contributed by atoms with Crippen LogP contribution in [0.4, 0.5) is 4.39 Å². The highest BCUT2D eigenvalue weighted by molar-refractivity contribution is 7.27. The van der Waals surface area contributed by atoms with E-state index >= 15 is 0 Å². The molecule has 0 rings (SSSR count). The quantitative estimate of drug-likeness (QED) is 0.450. The van der Waals surface area contributed by atoms with Gasteiger partial charge < -0.3 is 0 Å². The van der Waals surface area contributed by atoms with Crippen LogP contribution in [-0.2, 0) is 4.57 Å². The largest absolute Gasteiger partial charge is 0.270 e. The first-order chi connectivity index (χ1) is 2.41. The molecule has 1 nitrogen and oxygen atoms in total. The summed E-state index contributed by atoms with van der Waals surface area (Å²) in [6, 6.07) is 0. The maximum Gasteiger partial charge on any atom is 0.186 e. The minimum Gasteiger partial charge on any atom is -0.270 e. The Balaban J connectivity index is 2.92. The van der Waals surface area contributed by atoms with E-state index in [1.807, 2.05) is 0 Å². The Morgan fingerprint density at radius 3 is 2.40 bits per heavy atom. The van der Waals surface area contributed by atoms with E-state index in [9.17, 15) is 8.96 Å². The summed E-state index contributed by atoms with van der Waals surface area (Å²) < 4.78 is 19.8. The van der Waals surface area contributed by atoms with E-state index in [2.05, 4.69) is 0 Å². The lowest BCUT2D eigenvalue weighted by molar-refractivity contribution is 0.602. The van der Waals surface area contributed by atoms with Gasteiger partial charge in [0.25, 0.3) is 0 Å². The molecule has 0 heterocycles. The van der Waals surface area contributed by atoms with Gasteiger partial charge in [0.1, 0.15) is 0 Å². The molecule has 0 atom stereocenters. The average Bonchev–Trinajstić information content (AvgIpc) is 1.41. The van der Waals surface area contributed by atoms with Crippen LogP contribution in [0, 0.1) is 0 Å². The number of hydrogen-bond donors (Lipinski definition) is 0. The molecular weight excluding hydrogens is 90.0 g/mol. The van der Waals surface area contributed by atoms with Crippen molar-refractivity contribution >= 4 is 8.46 Å². The van der Waals surface area contributed by atoms with Gasteiger partial charge in [0.05, 0.1) is 6.33 Å². The van der Waals surface area contributed by atoms with Gasteiger partial charge in [-0.3, -0.25) is 4.57 Å². The molecule has 0 aromatic heterocycles. The molecule has 0 aliphatic rings. The van der Waals surface area contributed by atoms with E-state index in [1.165, 1.54) is 0 Å². The monoisotopic (exact) mass is 92.0 g/mol. The van der Waals surface area contributed by atoms with Crippen LogP contribution in [0.5, 0.6) is 0 Å². The van der Waals surface area contributed by atoms with Crippen molar-refractivity contribution < 1.29 is 8.96 Å². The fourth-order valence-electron chi connectivity index (χ4n) is 0.0230. The predicted octanol–water partition coefficient (Wildman–Crippen LogP) is 1.72. The first-order valence-electron chi connectivity index (χ1n) is 0.992. The van der Waals surface area contributed by atoms with Gasteiger partial charge in [0.15, 0.2) is 8.46 Å². The van der Waals surface area contributed by atoms with Gasteiger partial charge in [-0.1, -0.05) is 0 Å². The second-order valence-electron chi connectivity index (χ2n) is 0.380. The molecule has 0 aromatic carbocycles. The topological polar surface area (TPSA) is 17.1 Å². The van der Waals surface area contributed by atoms with Crippen LogP contribution in [0.25, 0.3) is 0 Å². The zero-order valence-corrected chi connectivity index (χ0v) is 3.28. The van der Waals surface area contributed by atoms with E-state index in [0.29, 0.717) is 0 Å². The summed E-state index contributed by atoms with van der Waals surface area (Å²) in [6.07, 6.45) is 0.231. The lowest BCUT2D eigenvalue weighted by Gasteiger charge is -1.46. The van der Waals surface area contributed by atoms with E-state index in [4.69, 9.17) is 0 Å². The van der Waals surface area contributed by atoms with Gasteiger partial charge in [0.2, 0.25) is 0 Å². The molecule has 3 heteroatoms. The van der Waals surface area contributed by atoms with E-state index in [-0.39, 0.29) is 14.8 Å². The SMILES string of the molecule is O=PC=CF. The number of halogens is 1. The molecule has 28 valence electrons. The fourth-order valence-corrected chi connectivity index (χ4v) is 0.0690. The van der Waals surface area contributed by atoms with Crippen molar-refractivity contribution in [3.8, 4) is 0 Å². The third-order valence-corrected chi connectivity index (χ3v) is 0.352. The molecule has 0 aliphatic carbocycles. The third kappa shape index (κ3) is 3.77. The molecule has 0 unspecified atom stereocenters. The first kappa shape index (κ1) is 4.77. The Bertz CT molecular complexity index is 51.6. The van der Waals surface area contributed by atoms with Crippen LogP contribution >= 0.6 is 8.46 Å². The van der Waals surface area contributed by atoms with Crippen LogP contribution in [0.2, 0.25) is 0 Å². The lowest BCUT2D eigenvalue weighted by atomic mass is 11.2. The summed E-state index contributed by atoms with van der Waals surface area (Å²) in [5, 5.41) is 0. The van der Waals surface area contributed by atoms with Crippen molar-refractivity contribution in [2.24, 2.45) is 0 Å². The molecule has 0 fully saturated rings. The number of rotatable bonds is 1.